The lowest BCUT2D eigenvalue weighted by molar-refractivity contribution is -0.133. The Balaban J connectivity index is 1.27. The van der Waals surface area contributed by atoms with Gasteiger partial charge in [0.25, 0.3) is 5.91 Å². The molecule has 0 aliphatic carbocycles. The molecule has 2 aromatic heterocycles. The molecule has 0 N–H and O–H groups in total. The Morgan fingerprint density at radius 1 is 0.846 bits per heavy atom. The third-order valence-electron chi connectivity index (χ3n) is 7.34. The number of carbonyl (C=O) groups excluding carboxylic acids is 1. The first-order chi connectivity index (χ1) is 19.1. The molecule has 0 saturated carbocycles. The largest absolute Gasteiger partial charge is 0.484 e. The molecule has 6 rings (SSSR count). The Hall–Kier alpha value is -4.65. The number of hydrogen-bond donors (Lipinski definition) is 0. The fourth-order valence-corrected chi connectivity index (χ4v) is 5.18. The Morgan fingerprint density at radius 2 is 1.56 bits per heavy atom. The minimum absolute atomic E-state index is 0.00117. The predicted octanol–water partition coefficient (Wildman–Crippen LogP) is 5.43. The molecule has 1 amide bonds. The number of carbonyl (C=O) groups is 1. The molecule has 0 radical (unpaired) electrons. The highest BCUT2D eigenvalue weighted by Crippen LogP contribution is 2.37. The standard InChI is InChI=1S/C32H31N5O2/c1-23-12-14-26(15-13-23)39-21-29(38)35-16-18-36(19-17-35)31-30-27(25-9-4-3-5-10-25)20-37(32(30)34-22-33-31)28-11-7-6-8-24(28)2/h3-15,20,22H,16-19,21H2,1-2H3. The molecule has 1 fully saturated rings. The molecule has 5 aromatic rings. The normalized spacial score (nSPS) is 13.6. The smallest absolute Gasteiger partial charge is 0.260 e. The highest BCUT2D eigenvalue weighted by molar-refractivity contribution is 6.02. The lowest BCUT2D eigenvalue weighted by Gasteiger charge is -2.35. The van der Waals surface area contributed by atoms with Gasteiger partial charge in [0.2, 0.25) is 0 Å². The van der Waals surface area contributed by atoms with E-state index < -0.39 is 0 Å². The summed E-state index contributed by atoms with van der Waals surface area (Å²) in [5.74, 6) is 1.61. The van der Waals surface area contributed by atoms with Crippen LogP contribution in [0.4, 0.5) is 5.82 Å². The maximum absolute atomic E-state index is 12.9. The minimum Gasteiger partial charge on any atom is -0.484 e. The van der Waals surface area contributed by atoms with E-state index in [0.29, 0.717) is 31.9 Å². The van der Waals surface area contributed by atoms with E-state index in [-0.39, 0.29) is 12.5 Å². The van der Waals surface area contributed by atoms with E-state index in [1.165, 1.54) is 5.56 Å². The molecule has 3 heterocycles. The molecule has 3 aromatic carbocycles. The summed E-state index contributed by atoms with van der Waals surface area (Å²) in [7, 11) is 0. The van der Waals surface area contributed by atoms with Gasteiger partial charge in [0.15, 0.2) is 12.3 Å². The molecule has 196 valence electrons. The number of nitrogens with zero attached hydrogens (tertiary/aromatic N) is 5. The summed E-state index contributed by atoms with van der Waals surface area (Å²) in [6.45, 7) is 6.78. The predicted molar refractivity (Wildman–Crippen MR) is 155 cm³/mol. The summed E-state index contributed by atoms with van der Waals surface area (Å²) in [5.41, 5.74) is 6.52. The lowest BCUT2D eigenvalue weighted by Crippen LogP contribution is -2.50. The van der Waals surface area contributed by atoms with Crippen LogP contribution in [0.2, 0.25) is 0 Å². The second-order valence-corrected chi connectivity index (χ2v) is 9.93. The number of ether oxygens (including phenoxy) is 1. The van der Waals surface area contributed by atoms with E-state index in [0.717, 1.165) is 39.2 Å². The Kier molecular flexibility index (Phi) is 6.71. The van der Waals surface area contributed by atoms with E-state index in [1.54, 1.807) is 6.33 Å². The molecule has 7 nitrogen and oxygen atoms in total. The van der Waals surface area contributed by atoms with Crippen molar-refractivity contribution in [3.8, 4) is 22.6 Å². The molecule has 7 heteroatoms. The van der Waals surface area contributed by atoms with Crippen LogP contribution in [0, 0.1) is 13.8 Å². The van der Waals surface area contributed by atoms with Crippen molar-refractivity contribution in [3.63, 3.8) is 0 Å². The van der Waals surface area contributed by atoms with E-state index >= 15 is 0 Å². The van der Waals surface area contributed by atoms with Gasteiger partial charge in [-0.15, -0.1) is 0 Å². The number of piperazine rings is 1. The van der Waals surface area contributed by atoms with Gasteiger partial charge in [-0.1, -0.05) is 66.2 Å². The third kappa shape index (κ3) is 4.95. The number of para-hydroxylation sites is 1. The summed E-state index contributed by atoms with van der Waals surface area (Å²) in [4.78, 5) is 26.5. The zero-order valence-corrected chi connectivity index (χ0v) is 22.2. The molecule has 39 heavy (non-hydrogen) atoms. The van der Waals surface area contributed by atoms with Gasteiger partial charge < -0.3 is 19.1 Å². The van der Waals surface area contributed by atoms with Crippen molar-refractivity contribution in [3.05, 3.63) is 103 Å². The zero-order chi connectivity index (χ0) is 26.8. The van der Waals surface area contributed by atoms with Gasteiger partial charge in [0.1, 0.15) is 17.9 Å². The van der Waals surface area contributed by atoms with E-state index in [1.807, 2.05) is 42.2 Å². The van der Waals surface area contributed by atoms with Crippen LogP contribution in [-0.2, 0) is 4.79 Å². The molecule has 0 atom stereocenters. The van der Waals surface area contributed by atoms with Gasteiger partial charge in [0, 0.05) is 43.6 Å². The molecule has 0 bridgehead atoms. The molecular formula is C32H31N5O2. The first kappa shape index (κ1) is 24.7. The fourth-order valence-electron chi connectivity index (χ4n) is 5.18. The Bertz CT molecular complexity index is 1600. The molecule has 1 aliphatic rings. The van der Waals surface area contributed by atoms with E-state index in [2.05, 4.69) is 71.1 Å². The monoisotopic (exact) mass is 517 g/mol. The van der Waals surface area contributed by atoms with Crippen LogP contribution in [-0.4, -0.2) is 58.1 Å². The maximum atomic E-state index is 12.9. The van der Waals surface area contributed by atoms with Crippen LogP contribution >= 0.6 is 0 Å². The number of benzene rings is 3. The fraction of sp³-hybridized carbons (Fsp3) is 0.219. The van der Waals surface area contributed by atoms with Crippen LogP contribution in [0.25, 0.3) is 27.8 Å². The number of hydrogen-bond acceptors (Lipinski definition) is 5. The van der Waals surface area contributed by atoms with Crippen LogP contribution < -0.4 is 9.64 Å². The summed E-state index contributed by atoms with van der Waals surface area (Å²) >= 11 is 0. The quantitative estimate of drug-likeness (QED) is 0.301. The van der Waals surface area contributed by atoms with Gasteiger partial charge in [0.05, 0.1) is 5.39 Å². The Morgan fingerprint density at radius 3 is 2.31 bits per heavy atom. The van der Waals surface area contributed by atoms with Crippen molar-refractivity contribution >= 4 is 22.8 Å². The summed E-state index contributed by atoms with van der Waals surface area (Å²) in [5, 5.41) is 1.02. The molecule has 0 spiro atoms. The SMILES string of the molecule is Cc1ccc(OCC(=O)N2CCN(c3ncnc4c3c(-c3ccccc3)cn4-c3ccccc3C)CC2)cc1. The third-order valence-corrected chi connectivity index (χ3v) is 7.34. The lowest BCUT2D eigenvalue weighted by atomic mass is 10.1. The van der Waals surface area contributed by atoms with E-state index in [4.69, 9.17) is 14.7 Å². The van der Waals surface area contributed by atoms with Crippen LogP contribution in [0.5, 0.6) is 5.75 Å². The van der Waals surface area contributed by atoms with Gasteiger partial charge in [-0.05, 0) is 43.2 Å². The van der Waals surface area contributed by atoms with Crippen molar-refractivity contribution in [2.45, 2.75) is 13.8 Å². The van der Waals surface area contributed by atoms with Crippen molar-refractivity contribution in [2.24, 2.45) is 0 Å². The van der Waals surface area contributed by atoms with Gasteiger partial charge >= 0.3 is 0 Å². The number of rotatable bonds is 6. The van der Waals surface area contributed by atoms with Crippen molar-refractivity contribution < 1.29 is 9.53 Å². The van der Waals surface area contributed by atoms with Gasteiger partial charge in [-0.3, -0.25) is 4.79 Å². The van der Waals surface area contributed by atoms with Gasteiger partial charge in [-0.25, -0.2) is 9.97 Å². The van der Waals surface area contributed by atoms with E-state index in [9.17, 15) is 4.79 Å². The Labute approximate surface area is 228 Å². The number of aryl methyl sites for hydroxylation is 2. The topological polar surface area (TPSA) is 63.5 Å². The highest BCUT2D eigenvalue weighted by Gasteiger charge is 2.26. The number of fused-ring (bicyclic) bond motifs is 1. The van der Waals surface area contributed by atoms with Crippen molar-refractivity contribution in [1.82, 2.24) is 19.4 Å². The summed E-state index contributed by atoms with van der Waals surface area (Å²) in [6.07, 6.45) is 3.82. The zero-order valence-electron chi connectivity index (χ0n) is 22.2. The number of aromatic nitrogens is 3. The van der Waals surface area contributed by atoms with Gasteiger partial charge in [-0.2, -0.15) is 0 Å². The first-order valence-corrected chi connectivity index (χ1v) is 13.3. The molecule has 1 aliphatic heterocycles. The summed E-state index contributed by atoms with van der Waals surface area (Å²) in [6, 6.07) is 26.5. The van der Waals surface area contributed by atoms with Crippen molar-refractivity contribution in [1.29, 1.82) is 0 Å². The van der Waals surface area contributed by atoms with Crippen LogP contribution in [0.1, 0.15) is 11.1 Å². The second kappa shape index (κ2) is 10.6. The summed E-state index contributed by atoms with van der Waals surface area (Å²) < 4.78 is 7.90. The van der Waals surface area contributed by atoms with Crippen molar-refractivity contribution in [2.75, 3.05) is 37.7 Å². The average Bonchev–Trinajstić information content (AvgIpc) is 3.37. The second-order valence-electron chi connectivity index (χ2n) is 9.93. The first-order valence-electron chi connectivity index (χ1n) is 13.3. The maximum Gasteiger partial charge on any atom is 0.260 e. The average molecular weight is 518 g/mol. The number of anilines is 1. The van der Waals surface area contributed by atoms with Crippen LogP contribution in [0.3, 0.4) is 0 Å². The molecule has 0 unspecified atom stereocenters. The minimum atomic E-state index is -0.00117. The molecular weight excluding hydrogens is 486 g/mol. The highest BCUT2D eigenvalue weighted by atomic mass is 16.5. The molecule has 1 saturated heterocycles. The number of amides is 1. The van der Waals surface area contributed by atoms with Crippen LogP contribution in [0.15, 0.2) is 91.4 Å².